The Labute approximate surface area is 130 Å². The highest BCUT2D eigenvalue weighted by molar-refractivity contribution is 7.19. The number of amides is 2. The van der Waals surface area contributed by atoms with Crippen LogP contribution in [0.25, 0.3) is 11.5 Å². The van der Waals surface area contributed by atoms with Crippen LogP contribution in [0.3, 0.4) is 0 Å². The van der Waals surface area contributed by atoms with Gasteiger partial charge in [-0.15, -0.1) is 6.58 Å². The number of anilines is 1. The largest absolute Gasteiger partial charge is 0.457 e. The molecule has 2 amide bonds. The van der Waals surface area contributed by atoms with E-state index in [1.807, 2.05) is 0 Å². The molecule has 2 aromatic heterocycles. The van der Waals surface area contributed by atoms with Gasteiger partial charge in [0.25, 0.3) is 0 Å². The van der Waals surface area contributed by atoms with E-state index in [4.69, 9.17) is 15.9 Å². The van der Waals surface area contributed by atoms with Crippen LogP contribution in [0.4, 0.5) is 14.9 Å². The summed E-state index contributed by atoms with van der Waals surface area (Å²) in [7, 11) is 0. The first-order valence-corrected chi connectivity index (χ1v) is 7.17. The molecule has 0 fully saturated rings. The van der Waals surface area contributed by atoms with Gasteiger partial charge in [0.15, 0.2) is 15.9 Å². The molecule has 0 unspecified atom stereocenters. The molecular formula is C13H16N6O2S. The minimum absolute atomic E-state index is 0.203. The van der Waals surface area contributed by atoms with Crippen LogP contribution in [0.5, 0.6) is 0 Å². The fourth-order valence-corrected chi connectivity index (χ4v) is 2.27. The number of thiazole rings is 1. The number of primary amides is 1. The number of aromatic nitrogens is 1. The van der Waals surface area contributed by atoms with Crippen LogP contribution >= 0.6 is 11.3 Å². The van der Waals surface area contributed by atoms with Crippen LogP contribution in [0.15, 0.2) is 34.2 Å². The quantitative estimate of drug-likeness (QED) is 0.266. The molecule has 2 heterocycles. The van der Waals surface area contributed by atoms with Gasteiger partial charge in [-0.25, -0.2) is 14.8 Å². The van der Waals surface area contributed by atoms with E-state index in [-0.39, 0.29) is 6.54 Å². The monoisotopic (exact) mass is 320 g/mol. The first-order valence-electron chi connectivity index (χ1n) is 6.35. The highest BCUT2D eigenvalue weighted by atomic mass is 32.1. The number of nitrogens with one attached hydrogen (secondary N) is 2. The summed E-state index contributed by atoms with van der Waals surface area (Å²) in [6.07, 6.45) is 3.27. The summed E-state index contributed by atoms with van der Waals surface area (Å²) >= 11 is 1.25. The number of carbonyl (C=O) groups excluding carboxylic acids is 1. The molecule has 0 aromatic carbocycles. The smallest absolute Gasteiger partial charge is 0.312 e. The Morgan fingerprint density at radius 1 is 1.55 bits per heavy atom. The van der Waals surface area contributed by atoms with Crippen molar-refractivity contribution in [2.45, 2.75) is 6.54 Å². The van der Waals surface area contributed by atoms with Crippen LogP contribution < -0.4 is 22.1 Å². The van der Waals surface area contributed by atoms with Crippen LogP contribution in [-0.2, 0) is 6.54 Å². The zero-order valence-corrected chi connectivity index (χ0v) is 12.5. The molecule has 6 N–H and O–H groups in total. The SMILES string of the molecule is C=CCNC=Nc1sc(N)nc1-c1ccc(CNC(N)=O)o1. The Hall–Kier alpha value is -2.81. The molecule has 0 aliphatic heterocycles. The number of hydrogen-bond donors (Lipinski definition) is 4. The van der Waals surface area contributed by atoms with Crippen LogP contribution in [0.1, 0.15) is 5.76 Å². The van der Waals surface area contributed by atoms with E-state index in [2.05, 4.69) is 27.2 Å². The number of hydrogen-bond acceptors (Lipinski definition) is 6. The summed E-state index contributed by atoms with van der Waals surface area (Å²) in [5, 5.41) is 6.41. The molecule has 22 heavy (non-hydrogen) atoms. The lowest BCUT2D eigenvalue weighted by atomic mass is 10.3. The van der Waals surface area contributed by atoms with Crippen LogP contribution in [-0.4, -0.2) is 23.9 Å². The summed E-state index contributed by atoms with van der Waals surface area (Å²) in [4.78, 5) is 19.2. The number of aliphatic imine (C=N–C) groups is 1. The third kappa shape index (κ3) is 4.09. The van der Waals surface area contributed by atoms with Gasteiger partial charge < -0.3 is 26.5 Å². The Kier molecular flexibility index (Phi) is 5.15. The molecule has 9 heteroatoms. The lowest BCUT2D eigenvalue weighted by molar-refractivity contribution is 0.247. The Bertz CT molecular complexity index is 691. The van der Waals surface area contributed by atoms with Crippen molar-refractivity contribution in [1.29, 1.82) is 0 Å². The summed E-state index contributed by atoms with van der Waals surface area (Å²) in [6, 6.07) is 2.85. The molecular weight excluding hydrogens is 304 g/mol. The van der Waals surface area contributed by atoms with Crippen molar-refractivity contribution in [3.63, 3.8) is 0 Å². The summed E-state index contributed by atoms with van der Waals surface area (Å²) in [6.45, 7) is 4.41. The van der Waals surface area contributed by atoms with E-state index in [1.54, 1.807) is 24.5 Å². The van der Waals surface area contributed by atoms with E-state index >= 15 is 0 Å². The van der Waals surface area contributed by atoms with Gasteiger partial charge in [-0.05, 0) is 12.1 Å². The fraction of sp³-hybridized carbons (Fsp3) is 0.154. The normalized spacial score (nSPS) is 10.7. The first kappa shape index (κ1) is 15.6. The third-order valence-electron chi connectivity index (χ3n) is 2.49. The maximum Gasteiger partial charge on any atom is 0.312 e. The van der Waals surface area contributed by atoms with E-state index < -0.39 is 6.03 Å². The van der Waals surface area contributed by atoms with E-state index in [0.717, 1.165) is 0 Å². The molecule has 0 aliphatic rings. The summed E-state index contributed by atoms with van der Waals surface area (Å²) in [5.41, 5.74) is 11.3. The molecule has 2 rings (SSSR count). The number of nitrogens with two attached hydrogens (primary N) is 2. The van der Waals surface area contributed by atoms with Crippen LogP contribution in [0.2, 0.25) is 0 Å². The molecule has 0 bridgehead atoms. The topological polar surface area (TPSA) is 132 Å². The van der Waals surface area contributed by atoms with Crippen molar-refractivity contribution in [3.05, 3.63) is 30.5 Å². The summed E-state index contributed by atoms with van der Waals surface area (Å²) in [5.74, 6) is 1.07. The number of carbonyl (C=O) groups is 1. The number of furan rings is 1. The number of nitrogen functional groups attached to an aromatic ring is 1. The van der Waals surface area contributed by atoms with Gasteiger partial charge in [0.2, 0.25) is 0 Å². The van der Waals surface area contributed by atoms with Crippen molar-refractivity contribution < 1.29 is 9.21 Å². The second kappa shape index (κ2) is 7.27. The van der Waals surface area contributed by atoms with Gasteiger partial charge in [0.05, 0.1) is 12.9 Å². The average Bonchev–Trinajstić information content (AvgIpc) is 3.08. The molecule has 0 aliphatic carbocycles. The fourth-order valence-electron chi connectivity index (χ4n) is 1.59. The minimum Gasteiger partial charge on any atom is -0.457 e. The van der Waals surface area contributed by atoms with Crippen molar-refractivity contribution in [2.75, 3.05) is 12.3 Å². The molecule has 116 valence electrons. The summed E-state index contributed by atoms with van der Waals surface area (Å²) < 4.78 is 5.61. The van der Waals surface area contributed by atoms with Crippen molar-refractivity contribution in [3.8, 4) is 11.5 Å². The molecule has 2 aromatic rings. The van der Waals surface area contributed by atoms with Crippen molar-refractivity contribution in [2.24, 2.45) is 10.7 Å². The highest BCUT2D eigenvalue weighted by Crippen LogP contribution is 2.37. The van der Waals surface area contributed by atoms with Gasteiger partial charge in [0.1, 0.15) is 11.5 Å². The third-order valence-corrected chi connectivity index (χ3v) is 3.29. The second-order valence-corrected chi connectivity index (χ2v) is 5.15. The Morgan fingerprint density at radius 3 is 3.09 bits per heavy atom. The molecule has 8 nitrogen and oxygen atoms in total. The minimum atomic E-state index is -0.616. The van der Waals surface area contributed by atoms with E-state index in [0.29, 0.717) is 33.9 Å². The zero-order chi connectivity index (χ0) is 15.9. The highest BCUT2D eigenvalue weighted by Gasteiger charge is 2.15. The molecule has 0 atom stereocenters. The number of nitrogens with zero attached hydrogens (tertiary/aromatic N) is 2. The van der Waals surface area contributed by atoms with E-state index in [1.165, 1.54) is 11.3 Å². The molecule has 0 saturated heterocycles. The maximum atomic E-state index is 10.7. The first-order chi connectivity index (χ1) is 10.6. The standard InChI is InChI=1S/C13H16N6O2S/c1-2-5-16-7-18-11-10(19-13(15)22-11)9-4-3-8(21-9)6-17-12(14)20/h2-4,7H,1,5-6H2,(H2,15,19)(H,16,18)(H3,14,17,20). The zero-order valence-electron chi connectivity index (χ0n) is 11.7. The van der Waals surface area contributed by atoms with Gasteiger partial charge in [-0.2, -0.15) is 0 Å². The average molecular weight is 320 g/mol. The van der Waals surface area contributed by atoms with Crippen LogP contribution in [0, 0.1) is 0 Å². The lowest BCUT2D eigenvalue weighted by Gasteiger charge is -1.98. The van der Waals surface area contributed by atoms with Crippen molar-refractivity contribution in [1.82, 2.24) is 15.6 Å². The molecule has 0 spiro atoms. The Balaban J connectivity index is 2.16. The lowest BCUT2D eigenvalue weighted by Crippen LogP contribution is -2.28. The number of rotatable bonds is 7. The molecule has 0 saturated carbocycles. The molecule has 0 radical (unpaired) electrons. The van der Waals surface area contributed by atoms with E-state index in [9.17, 15) is 4.79 Å². The van der Waals surface area contributed by atoms with Crippen molar-refractivity contribution >= 4 is 33.8 Å². The van der Waals surface area contributed by atoms with Gasteiger partial charge in [-0.1, -0.05) is 17.4 Å². The van der Waals surface area contributed by atoms with Gasteiger partial charge in [-0.3, -0.25) is 0 Å². The Morgan fingerprint density at radius 2 is 2.36 bits per heavy atom. The predicted molar refractivity (Wildman–Crippen MR) is 87.0 cm³/mol. The second-order valence-electron chi connectivity index (χ2n) is 4.14. The maximum absolute atomic E-state index is 10.7. The van der Waals surface area contributed by atoms with Gasteiger partial charge in [0, 0.05) is 6.54 Å². The predicted octanol–water partition coefficient (Wildman–Crippen LogP) is 1.59. The number of urea groups is 1. The van der Waals surface area contributed by atoms with Gasteiger partial charge >= 0.3 is 6.03 Å².